The van der Waals surface area contributed by atoms with Gasteiger partial charge in [-0.05, 0) is 44.7 Å². The molecule has 7 heteroatoms. The molecular weight excluding hydrogens is 348 g/mol. The summed E-state index contributed by atoms with van der Waals surface area (Å²) in [6.07, 6.45) is 0.542. The first-order valence-corrected chi connectivity index (χ1v) is 9.15. The summed E-state index contributed by atoms with van der Waals surface area (Å²) in [7, 11) is 0. The van der Waals surface area contributed by atoms with Crippen molar-refractivity contribution in [1.29, 1.82) is 0 Å². The predicted molar refractivity (Wildman–Crippen MR) is 98.9 cm³/mol. The first-order valence-electron chi connectivity index (χ1n) is 9.15. The average Bonchev–Trinajstić information content (AvgIpc) is 2.85. The Morgan fingerprint density at radius 2 is 1.85 bits per heavy atom. The van der Waals surface area contributed by atoms with Crippen molar-refractivity contribution in [1.82, 2.24) is 9.80 Å². The van der Waals surface area contributed by atoms with Crippen LogP contribution in [-0.2, 0) is 14.3 Å². The lowest BCUT2D eigenvalue weighted by molar-refractivity contribution is -0.141. The normalized spacial score (nSPS) is 18.5. The monoisotopic (exact) mass is 372 g/mol. The third-order valence-electron chi connectivity index (χ3n) is 5.10. The van der Waals surface area contributed by atoms with Gasteiger partial charge in [0.1, 0.15) is 0 Å². The van der Waals surface area contributed by atoms with Crippen LogP contribution in [0.1, 0.15) is 36.5 Å². The van der Waals surface area contributed by atoms with Crippen molar-refractivity contribution < 1.29 is 24.2 Å². The molecule has 0 spiro atoms. The van der Waals surface area contributed by atoms with Gasteiger partial charge in [0.15, 0.2) is 5.76 Å². The van der Waals surface area contributed by atoms with Crippen LogP contribution in [0.25, 0.3) is 5.57 Å². The second kappa shape index (κ2) is 7.42. The van der Waals surface area contributed by atoms with Crippen molar-refractivity contribution in [3.8, 4) is 0 Å². The zero-order valence-electron chi connectivity index (χ0n) is 15.8. The van der Waals surface area contributed by atoms with Crippen LogP contribution in [0.2, 0.25) is 0 Å². The SMILES string of the molecule is CCOC(=O)N1CCC(N2C(=O)C(O)=C(c3ccc(C)cc3C)C2=O)CC1. The Bertz CT molecular complexity index is 822. The largest absolute Gasteiger partial charge is 0.502 e. The average molecular weight is 372 g/mol. The van der Waals surface area contributed by atoms with Gasteiger partial charge in [0.2, 0.25) is 0 Å². The first-order chi connectivity index (χ1) is 12.8. The summed E-state index contributed by atoms with van der Waals surface area (Å²) in [6.45, 7) is 6.64. The van der Waals surface area contributed by atoms with Crippen LogP contribution in [0.4, 0.5) is 4.79 Å². The molecule has 144 valence electrons. The van der Waals surface area contributed by atoms with Crippen LogP contribution < -0.4 is 0 Å². The van der Waals surface area contributed by atoms with Crippen molar-refractivity contribution in [2.45, 2.75) is 39.7 Å². The lowest BCUT2D eigenvalue weighted by Crippen LogP contribution is -2.49. The topological polar surface area (TPSA) is 87.2 Å². The highest BCUT2D eigenvalue weighted by molar-refractivity contribution is 6.35. The Balaban J connectivity index is 1.78. The molecule has 1 N–H and O–H groups in total. The summed E-state index contributed by atoms with van der Waals surface area (Å²) in [6, 6.07) is 5.17. The van der Waals surface area contributed by atoms with Gasteiger partial charge in [-0.25, -0.2) is 4.79 Å². The number of likely N-dealkylation sites (tertiary alicyclic amines) is 1. The molecule has 0 saturated carbocycles. The van der Waals surface area contributed by atoms with E-state index in [-0.39, 0.29) is 17.7 Å². The van der Waals surface area contributed by atoms with Gasteiger partial charge in [-0.3, -0.25) is 14.5 Å². The highest BCUT2D eigenvalue weighted by Gasteiger charge is 2.44. The van der Waals surface area contributed by atoms with E-state index in [2.05, 4.69) is 0 Å². The van der Waals surface area contributed by atoms with Crippen LogP contribution in [0, 0.1) is 13.8 Å². The number of nitrogens with zero attached hydrogens (tertiary/aromatic N) is 2. The maximum Gasteiger partial charge on any atom is 0.409 e. The molecular formula is C20H24N2O5. The number of carbonyl (C=O) groups is 3. The second-order valence-electron chi connectivity index (χ2n) is 6.94. The van der Waals surface area contributed by atoms with E-state index in [0.717, 1.165) is 16.0 Å². The van der Waals surface area contributed by atoms with E-state index >= 15 is 0 Å². The number of amides is 3. The molecule has 3 amide bonds. The number of aliphatic hydroxyl groups excluding tert-OH is 1. The van der Waals surface area contributed by atoms with Crippen molar-refractivity contribution in [3.63, 3.8) is 0 Å². The molecule has 3 rings (SSSR count). The lowest BCUT2D eigenvalue weighted by Gasteiger charge is -2.35. The van der Waals surface area contributed by atoms with Crippen LogP contribution in [0.3, 0.4) is 0 Å². The van der Waals surface area contributed by atoms with Gasteiger partial charge in [0.05, 0.1) is 12.2 Å². The Morgan fingerprint density at radius 3 is 2.44 bits per heavy atom. The molecule has 0 unspecified atom stereocenters. The van der Waals surface area contributed by atoms with Crippen LogP contribution in [0.15, 0.2) is 24.0 Å². The molecule has 1 fully saturated rings. The third-order valence-corrected chi connectivity index (χ3v) is 5.10. The van der Waals surface area contributed by atoms with Gasteiger partial charge in [-0.2, -0.15) is 0 Å². The number of rotatable bonds is 3. The van der Waals surface area contributed by atoms with Crippen molar-refractivity contribution >= 4 is 23.5 Å². The summed E-state index contributed by atoms with van der Waals surface area (Å²) in [4.78, 5) is 40.1. The van der Waals surface area contributed by atoms with Crippen LogP contribution in [0.5, 0.6) is 0 Å². The maximum absolute atomic E-state index is 13.0. The molecule has 2 aliphatic rings. The number of aliphatic hydroxyl groups is 1. The van der Waals surface area contributed by atoms with Crippen molar-refractivity contribution in [2.24, 2.45) is 0 Å². The number of imide groups is 1. The first kappa shape index (κ1) is 18.9. The summed E-state index contributed by atoms with van der Waals surface area (Å²) in [5.74, 6) is -1.64. The molecule has 0 atom stereocenters. The minimum atomic E-state index is -0.662. The number of hydrogen-bond donors (Lipinski definition) is 1. The zero-order valence-corrected chi connectivity index (χ0v) is 15.8. The third kappa shape index (κ3) is 3.41. The van der Waals surface area contributed by atoms with Crippen molar-refractivity contribution in [2.75, 3.05) is 19.7 Å². The van der Waals surface area contributed by atoms with Gasteiger partial charge in [0, 0.05) is 19.1 Å². The molecule has 0 aromatic heterocycles. The van der Waals surface area contributed by atoms with E-state index in [1.54, 1.807) is 17.9 Å². The molecule has 0 radical (unpaired) electrons. The van der Waals surface area contributed by atoms with E-state index in [1.165, 1.54) is 0 Å². The fraction of sp³-hybridized carbons (Fsp3) is 0.450. The Kier molecular flexibility index (Phi) is 5.21. The Hall–Kier alpha value is -2.83. The molecule has 2 heterocycles. The number of piperidine rings is 1. The van der Waals surface area contributed by atoms with E-state index in [1.807, 2.05) is 26.0 Å². The molecule has 2 aliphatic heterocycles. The zero-order chi connectivity index (χ0) is 19.7. The second-order valence-corrected chi connectivity index (χ2v) is 6.94. The molecule has 0 aliphatic carbocycles. The summed E-state index contributed by atoms with van der Waals surface area (Å²) in [5.41, 5.74) is 2.50. The van der Waals surface area contributed by atoms with Crippen LogP contribution in [-0.4, -0.2) is 58.6 Å². The molecule has 7 nitrogen and oxygen atoms in total. The number of benzene rings is 1. The molecule has 1 saturated heterocycles. The minimum absolute atomic E-state index is 0.0605. The molecule has 27 heavy (non-hydrogen) atoms. The van der Waals surface area contributed by atoms with E-state index < -0.39 is 17.6 Å². The predicted octanol–water partition coefficient (Wildman–Crippen LogP) is 2.56. The Morgan fingerprint density at radius 1 is 1.19 bits per heavy atom. The van der Waals surface area contributed by atoms with E-state index in [9.17, 15) is 19.5 Å². The molecule has 1 aromatic rings. The minimum Gasteiger partial charge on any atom is -0.502 e. The number of ether oxygens (including phenoxy) is 1. The summed E-state index contributed by atoms with van der Waals surface area (Å²) >= 11 is 0. The van der Waals surface area contributed by atoms with E-state index in [0.29, 0.717) is 38.1 Å². The fourth-order valence-corrected chi connectivity index (χ4v) is 3.72. The Labute approximate surface area is 158 Å². The van der Waals surface area contributed by atoms with Crippen molar-refractivity contribution in [3.05, 3.63) is 40.6 Å². The van der Waals surface area contributed by atoms with Gasteiger partial charge in [-0.15, -0.1) is 0 Å². The highest BCUT2D eigenvalue weighted by atomic mass is 16.6. The number of carbonyl (C=O) groups excluding carboxylic acids is 3. The van der Waals surface area contributed by atoms with Gasteiger partial charge < -0.3 is 14.7 Å². The number of aryl methyl sites for hydroxylation is 2. The molecule has 0 bridgehead atoms. The number of hydrogen-bond acceptors (Lipinski definition) is 5. The highest BCUT2D eigenvalue weighted by Crippen LogP contribution is 2.33. The standard InChI is InChI=1S/C20H24N2O5/c1-4-27-20(26)21-9-7-14(8-10-21)22-18(24)16(17(23)19(22)25)15-6-5-12(2)11-13(15)3/h5-6,11,14,23H,4,7-10H2,1-3H3. The van der Waals surface area contributed by atoms with Crippen LogP contribution >= 0.6 is 0 Å². The van der Waals surface area contributed by atoms with E-state index in [4.69, 9.17) is 4.74 Å². The van der Waals surface area contributed by atoms with Gasteiger partial charge in [0.25, 0.3) is 11.8 Å². The quantitative estimate of drug-likeness (QED) is 0.824. The lowest BCUT2D eigenvalue weighted by atomic mass is 9.98. The maximum atomic E-state index is 13.0. The fourth-order valence-electron chi connectivity index (χ4n) is 3.72. The van der Waals surface area contributed by atoms with Gasteiger partial charge in [-0.1, -0.05) is 23.8 Å². The molecule has 1 aromatic carbocycles. The smallest absolute Gasteiger partial charge is 0.409 e. The summed E-state index contributed by atoms with van der Waals surface area (Å²) in [5, 5.41) is 10.4. The van der Waals surface area contributed by atoms with Gasteiger partial charge >= 0.3 is 6.09 Å². The summed E-state index contributed by atoms with van der Waals surface area (Å²) < 4.78 is 4.99.